The van der Waals surface area contributed by atoms with Crippen LogP contribution in [0.5, 0.6) is 0 Å². The molecule has 10 nitrogen and oxygen atoms in total. The summed E-state index contributed by atoms with van der Waals surface area (Å²) in [6.45, 7) is -0.0180. The maximum absolute atomic E-state index is 11.8. The summed E-state index contributed by atoms with van der Waals surface area (Å²) < 4.78 is 12.7. The van der Waals surface area contributed by atoms with E-state index < -0.39 is 30.4 Å². The van der Waals surface area contributed by atoms with Crippen LogP contribution in [0, 0.1) is 0 Å². The van der Waals surface area contributed by atoms with Crippen molar-refractivity contribution in [3.05, 3.63) is 12.7 Å². The zero-order valence-corrected chi connectivity index (χ0v) is 16.4. The summed E-state index contributed by atoms with van der Waals surface area (Å²) in [6.07, 6.45) is 1.11. The molecule has 0 unspecified atom stereocenters. The predicted molar refractivity (Wildman–Crippen MR) is 98.0 cm³/mol. The SMILES string of the molecule is Nc1ncnc2c1ncn2[C@@H]1O[C@H](COC(=O)[C@@H](N)CCS)[C@@H]([SeH])[C@H]1O. The average molecular weight is 447 g/mol. The molecule has 3 heterocycles. The van der Waals surface area contributed by atoms with E-state index in [0.717, 1.165) is 0 Å². The van der Waals surface area contributed by atoms with Gasteiger partial charge in [0, 0.05) is 0 Å². The number of aliphatic hydroxyl groups excluding tert-OH is 1. The van der Waals surface area contributed by atoms with E-state index in [4.69, 9.17) is 20.9 Å². The van der Waals surface area contributed by atoms with Crippen LogP contribution < -0.4 is 11.5 Å². The minimum atomic E-state index is -0.863. The number of nitrogens with zero attached hydrogens (tertiary/aromatic N) is 4. The topological polar surface area (TPSA) is 151 Å². The molecular weight excluding hydrogens is 427 g/mol. The van der Waals surface area contributed by atoms with E-state index in [1.165, 1.54) is 12.7 Å². The van der Waals surface area contributed by atoms with Crippen LogP contribution in [0.3, 0.4) is 0 Å². The number of esters is 1. The van der Waals surface area contributed by atoms with Gasteiger partial charge in [0.2, 0.25) is 0 Å². The first kappa shape index (κ1) is 19.3. The molecule has 0 spiro atoms. The van der Waals surface area contributed by atoms with Crippen LogP contribution in [0.25, 0.3) is 11.2 Å². The van der Waals surface area contributed by atoms with Gasteiger partial charge in [0.1, 0.15) is 0 Å². The van der Waals surface area contributed by atoms with Crippen molar-refractivity contribution < 1.29 is 19.4 Å². The fraction of sp³-hybridized carbons (Fsp3) is 0.571. The molecule has 1 aliphatic rings. The molecular formula is C14H20N6O4SSe. The van der Waals surface area contributed by atoms with Gasteiger partial charge in [0.05, 0.1) is 0 Å². The van der Waals surface area contributed by atoms with E-state index in [2.05, 4.69) is 43.6 Å². The van der Waals surface area contributed by atoms with Crippen LogP contribution in [0.1, 0.15) is 12.6 Å². The standard InChI is InChI=1S/C14H20N6O4SSe/c15-6(1-2-25)14(22)23-3-7-10(26)9(21)13(24-7)20-5-19-8-11(16)17-4-18-12(8)20/h4-7,9-10,13,21,25-26H,1-3,15H2,(H2,16,17,18)/t6-,7+,9+,10+,13+/m0/s1. The number of imidazole rings is 1. The first-order valence-corrected chi connectivity index (χ1v) is 9.63. The molecule has 5 atom stereocenters. The number of nitrogens with two attached hydrogens (primary N) is 2. The van der Waals surface area contributed by atoms with Crippen molar-refractivity contribution in [2.45, 2.75) is 35.7 Å². The van der Waals surface area contributed by atoms with Gasteiger partial charge in [-0.2, -0.15) is 0 Å². The first-order valence-electron chi connectivity index (χ1n) is 7.91. The number of hydrogen-bond acceptors (Lipinski definition) is 10. The Labute approximate surface area is 162 Å². The molecule has 1 aliphatic heterocycles. The Morgan fingerprint density at radius 1 is 1.50 bits per heavy atom. The van der Waals surface area contributed by atoms with Gasteiger partial charge in [-0.3, -0.25) is 0 Å². The average Bonchev–Trinajstić information content (AvgIpc) is 3.16. The monoisotopic (exact) mass is 448 g/mol. The third kappa shape index (κ3) is 3.66. The van der Waals surface area contributed by atoms with Crippen LogP contribution in [-0.4, -0.2) is 77.2 Å². The van der Waals surface area contributed by atoms with Crippen molar-refractivity contribution in [2.75, 3.05) is 18.1 Å². The van der Waals surface area contributed by atoms with Gasteiger partial charge >= 0.3 is 163 Å². The Balaban J connectivity index is 1.71. The fourth-order valence-electron chi connectivity index (χ4n) is 2.68. The van der Waals surface area contributed by atoms with Gasteiger partial charge < -0.3 is 0 Å². The number of ether oxygens (including phenoxy) is 2. The Bertz CT molecular complexity index is 792. The molecule has 0 radical (unpaired) electrons. The molecule has 5 N–H and O–H groups in total. The molecule has 0 aliphatic carbocycles. The number of aliphatic hydroxyl groups is 1. The number of aromatic nitrogens is 4. The number of fused-ring (bicyclic) bond motifs is 1. The molecule has 0 saturated carbocycles. The van der Waals surface area contributed by atoms with Crippen molar-refractivity contribution in [1.82, 2.24) is 19.5 Å². The Morgan fingerprint density at radius 3 is 3.00 bits per heavy atom. The molecule has 12 heteroatoms. The number of thiol groups is 1. The number of hydrogen-bond donors (Lipinski definition) is 4. The summed E-state index contributed by atoms with van der Waals surface area (Å²) in [6, 6.07) is -0.725. The molecule has 0 bridgehead atoms. The zero-order chi connectivity index (χ0) is 18.8. The van der Waals surface area contributed by atoms with Crippen molar-refractivity contribution in [3.63, 3.8) is 0 Å². The summed E-state index contributed by atoms with van der Waals surface area (Å²) in [5, 5.41) is 10.5. The number of nitrogen functional groups attached to an aromatic ring is 1. The number of anilines is 1. The molecule has 1 fully saturated rings. The Morgan fingerprint density at radius 2 is 2.27 bits per heavy atom. The second-order valence-corrected chi connectivity index (χ2v) is 7.58. The maximum atomic E-state index is 11.8. The van der Waals surface area contributed by atoms with Gasteiger partial charge in [-0.05, 0) is 0 Å². The van der Waals surface area contributed by atoms with E-state index in [1.54, 1.807) is 4.57 Å². The van der Waals surface area contributed by atoms with Gasteiger partial charge in [0.15, 0.2) is 0 Å². The summed E-state index contributed by atoms with van der Waals surface area (Å²) >= 11 is 6.39. The second-order valence-electron chi connectivity index (χ2n) is 5.88. The van der Waals surface area contributed by atoms with E-state index in [1.807, 2.05) is 0 Å². The van der Waals surface area contributed by atoms with Crippen molar-refractivity contribution in [1.29, 1.82) is 0 Å². The second kappa shape index (κ2) is 8.07. The minimum absolute atomic E-state index is 0.0180. The Hall–Kier alpha value is -1.43. The quantitative estimate of drug-likeness (QED) is 0.237. The number of rotatable bonds is 6. The van der Waals surface area contributed by atoms with Gasteiger partial charge in [-0.1, -0.05) is 0 Å². The number of carbonyl (C=O) groups is 1. The molecule has 3 rings (SSSR count). The molecule has 2 aromatic rings. The van der Waals surface area contributed by atoms with E-state index >= 15 is 0 Å². The van der Waals surface area contributed by atoms with Crippen LogP contribution in [0.15, 0.2) is 12.7 Å². The van der Waals surface area contributed by atoms with Crippen molar-refractivity contribution in [3.8, 4) is 0 Å². The molecule has 142 valence electrons. The van der Waals surface area contributed by atoms with Crippen LogP contribution >= 0.6 is 12.6 Å². The molecule has 26 heavy (non-hydrogen) atoms. The fourth-order valence-corrected chi connectivity index (χ4v) is 3.60. The van der Waals surface area contributed by atoms with E-state index in [-0.39, 0.29) is 17.2 Å². The van der Waals surface area contributed by atoms with Crippen LogP contribution in [-0.2, 0) is 14.3 Å². The summed E-state index contributed by atoms with van der Waals surface area (Å²) in [5.41, 5.74) is 12.4. The third-order valence-corrected chi connectivity index (χ3v) is 5.73. The summed E-state index contributed by atoms with van der Waals surface area (Å²) in [4.78, 5) is 23.7. The van der Waals surface area contributed by atoms with Crippen molar-refractivity contribution in [2.24, 2.45) is 5.73 Å². The van der Waals surface area contributed by atoms with Crippen molar-refractivity contribution >= 4 is 51.6 Å². The molecule has 1 saturated heterocycles. The van der Waals surface area contributed by atoms with Gasteiger partial charge in [-0.25, -0.2) is 0 Å². The van der Waals surface area contributed by atoms with E-state index in [9.17, 15) is 9.90 Å². The molecule has 0 aromatic carbocycles. The third-order valence-electron chi connectivity index (χ3n) is 4.13. The first-order chi connectivity index (χ1) is 12.4. The van der Waals surface area contributed by atoms with E-state index in [0.29, 0.717) is 23.3 Å². The Kier molecular flexibility index (Phi) is 6.00. The van der Waals surface area contributed by atoms with Crippen LogP contribution in [0.4, 0.5) is 5.82 Å². The zero-order valence-electron chi connectivity index (χ0n) is 13.7. The van der Waals surface area contributed by atoms with Gasteiger partial charge in [0.25, 0.3) is 0 Å². The van der Waals surface area contributed by atoms with Crippen LogP contribution in [0.2, 0.25) is 4.82 Å². The number of carbonyl (C=O) groups excluding carboxylic acids is 1. The summed E-state index contributed by atoms with van der Waals surface area (Å²) in [5.74, 6) is 0.214. The summed E-state index contributed by atoms with van der Waals surface area (Å²) in [7, 11) is 0. The molecule has 0 amide bonds. The van der Waals surface area contributed by atoms with Gasteiger partial charge in [-0.15, -0.1) is 0 Å². The molecule has 2 aromatic heterocycles. The predicted octanol–water partition coefficient (Wildman–Crippen LogP) is -1.45. The normalized spacial score (nSPS) is 26.9.